The highest BCUT2D eigenvalue weighted by Gasteiger charge is 2.13. The zero-order chi connectivity index (χ0) is 11.0. The molecule has 0 radical (unpaired) electrons. The Morgan fingerprint density at radius 3 is 3.07 bits per heavy atom. The van der Waals surface area contributed by atoms with E-state index in [1.807, 2.05) is 19.1 Å². The van der Waals surface area contributed by atoms with E-state index in [-0.39, 0.29) is 6.42 Å². The van der Waals surface area contributed by atoms with Crippen molar-refractivity contribution in [3.8, 4) is 0 Å². The van der Waals surface area contributed by atoms with Gasteiger partial charge in [-0.3, -0.25) is 4.79 Å². The average Bonchev–Trinajstić information content (AvgIpc) is 2.44. The minimum absolute atomic E-state index is 0.128. The predicted octanol–water partition coefficient (Wildman–Crippen LogP) is 1.92. The quantitative estimate of drug-likeness (QED) is 0.848. The van der Waals surface area contributed by atoms with E-state index >= 15 is 0 Å². The van der Waals surface area contributed by atoms with Crippen molar-refractivity contribution in [1.82, 2.24) is 9.38 Å². The molecule has 2 rings (SSSR count). The summed E-state index contributed by atoms with van der Waals surface area (Å²) >= 11 is 5.94. The first-order chi connectivity index (χ1) is 7.09. The first-order valence-electron chi connectivity index (χ1n) is 4.43. The molecule has 0 saturated carbocycles. The number of carboxylic acid groups (broad SMARTS) is 1. The van der Waals surface area contributed by atoms with Gasteiger partial charge in [0.15, 0.2) is 5.15 Å². The van der Waals surface area contributed by atoms with E-state index in [0.29, 0.717) is 11.0 Å². The molecule has 0 aliphatic rings. The summed E-state index contributed by atoms with van der Waals surface area (Å²) in [5, 5.41) is 9.06. The van der Waals surface area contributed by atoms with Gasteiger partial charge in [0.05, 0.1) is 5.52 Å². The minimum atomic E-state index is -0.917. The number of imidazole rings is 1. The molecule has 0 spiro atoms. The molecule has 15 heavy (non-hydrogen) atoms. The first-order valence-corrected chi connectivity index (χ1v) is 4.81. The molecule has 5 heteroatoms. The predicted molar refractivity (Wildman–Crippen MR) is 56.3 cm³/mol. The molecule has 2 aromatic rings. The van der Waals surface area contributed by atoms with Crippen molar-refractivity contribution in [3.05, 3.63) is 34.9 Å². The fourth-order valence-corrected chi connectivity index (χ4v) is 1.91. The Morgan fingerprint density at radius 1 is 1.67 bits per heavy atom. The molecule has 2 aromatic heterocycles. The highest BCUT2D eigenvalue weighted by Crippen LogP contribution is 2.21. The second kappa shape index (κ2) is 3.55. The molecule has 78 valence electrons. The summed E-state index contributed by atoms with van der Waals surface area (Å²) in [4.78, 5) is 14.6. The lowest BCUT2D eigenvalue weighted by Crippen LogP contribution is -2.04. The summed E-state index contributed by atoms with van der Waals surface area (Å²) in [5.74, 6) is -0.466. The number of hydrogen-bond acceptors (Lipinski definition) is 2. The van der Waals surface area contributed by atoms with Gasteiger partial charge in [-0.1, -0.05) is 17.7 Å². The van der Waals surface area contributed by atoms with Gasteiger partial charge >= 0.3 is 5.97 Å². The normalized spacial score (nSPS) is 10.8. The maximum Gasteiger partial charge on any atom is 0.311 e. The Morgan fingerprint density at radius 2 is 2.40 bits per heavy atom. The average molecular weight is 225 g/mol. The fourth-order valence-electron chi connectivity index (χ4n) is 1.57. The number of carboxylic acids is 1. The van der Waals surface area contributed by atoms with Crippen LogP contribution in [0.25, 0.3) is 5.52 Å². The van der Waals surface area contributed by atoms with Gasteiger partial charge in [0.2, 0.25) is 0 Å². The van der Waals surface area contributed by atoms with E-state index < -0.39 is 5.97 Å². The highest BCUT2D eigenvalue weighted by atomic mass is 35.5. The Kier molecular flexibility index (Phi) is 2.36. The maximum atomic E-state index is 10.6. The van der Waals surface area contributed by atoms with Gasteiger partial charge in [-0.05, 0) is 18.6 Å². The lowest BCUT2D eigenvalue weighted by atomic mass is 10.2. The molecule has 1 N–H and O–H groups in total. The Hall–Kier alpha value is -1.55. The lowest BCUT2D eigenvalue weighted by molar-refractivity contribution is -0.136. The van der Waals surface area contributed by atoms with Gasteiger partial charge in [0.25, 0.3) is 0 Å². The summed E-state index contributed by atoms with van der Waals surface area (Å²) in [5.41, 5.74) is 1.75. The van der Waals surface area contributed by atoms with Crippen LogP contribution < -0.4 is 0 Å². The van der Waals surface area contributed by atoms with Crippen LogP contribution in [0.4, 0.5) is 0 Å². The van der Waals surface area contributed by atoms with Gasteiger partial charge < -0.3 is 9.51 Å². The van der Waals surface area contributed by atoms with Crippen molar-refractivity contribution in [2.45, 2.75) is 13.3 Å². The SMILES string of the molecule is Cc1cccn2c(CC(=O)O)nc(Cl)c12. The molecular weight excluding hydrogens is 216 g/mol. The molecule has 0 atom stereocenters. The number of halogens is 1. The number of aromatic nitrogens is 2. The van der Waals surface area contributed by atoms with E-state index in [1.54, 1.807) is 10.6 Å². The fraction of sp³-hybridized carbons (Fsp3) is 0.200. The van der Waals surface area contributed by atoms with Crippen molar-refractivity contribution in [2.75, 3.05) is 0 Å². The van der Waals surface area contributed by atoms with Crippen LogP contribution in [0.3, 0.4) is 0 Å². The summed E-state index contributed by atoms with van der Waals surface area (Å²) in [7, 11) is 0. The zero-order valence-electron chi connectivity index (χ0n) is 8.07. The number of rotatable bonds is 2. The standard InChI is InChI=1S/C10H9ClN2O2/c1-6-3-2-4-13-7(5-8(14)15)12-10(11)9(6)13/h2-4H,5H2,1H3,(H,14,15). The summed E-state index contributed by atoms with van der Waals surface area (Å²) in [6, 6.07) is 3.75. The number of fused-ring (bicyclic) bond motifs is 1. The number of aliphatic carboxylic acids is 1. The van der Waals surface area contributed by atoms with Crippen molar-refractivity contribution >= 4 is 23.1 Å². The van der Waals surface area contributed by atoms with Crippen LogP contribution >= 0.6 is 11.6 Å². The van der Waals surface area contributed by atoms with Crippen molar-refractivity contribution in [3.63, 3.8) is 0 Å². The molecule has 0 aromatic carbocycles. The second-order valence-corrected chi connectivity index (χ2v) is 3.66. The summed E-state index contributed by atoms with van der Waals surface area (Å²) in [6.45, 7) is 1.91. The van der Waals surface area contributed by atoms with Crippen LogP contribution in [0.5, 0.6) is 0 Å². The largest absolute Gasteiger partial charge is 0.481 e. The number of carbonyl (C=O) groups is 1. The Bertz CT molecular complexity index is 533. The van der Waals surface area contributed by atoms with Crippen LogP contribution in [0.15, 0.2) is 18.3 Å². The van der Waals surface area contributed by atoms with Crippen LogP contribution in [-0.2, 0) is 11.2 Å². The van der Waals surface area contributed by atoms with Crippen molar-refractivity contribution in [2.24, 2.45) is 0 Å². The maximum absolute atomic E-state index is 10.6. The Labute approximate surface area is 91.1 Å². The molecule has 2 heterocycles. The van der Waals surface area contributed by atoms with Crippen LogP contribution in [0, 0.1) is 6.92 Å². The minimum Gasteiger partial charge on any atom is -0.481 e. The van der Waals surface area contributed by atoms with Crippen LogP contribution in [0.1, 0.15) is 11.4 Å². The molecular formula is C10H9ClN2O2. The molecule has 0 amide bonds. The lowest BCUT2D eigenvalue weighted by Gasteiger charge is -2.00. The van der Waals surface area contributed by atoms with Gasteiger partial charge in [-0.25, -0.2) is 4.98 Å². The molecule has 0 fully saturated rings. The smallest absolute Gasteiger partial charge is 0.311 e. The second-order valence-electron chi connectivity index (χ2n) is 3.30. The summed E-state index contributed by atoms with van der Waals surface area (Å²) < 4.78 is 1.71. The van der Waals surface area contributed by atoms with Crippen LogP contribution in [0.2, 0.25) is 5.15 Å². The van der Waals surface area contributed by atoms with Crippen LogP contribution in [-0.4, -0.2) is 20.5 Å². The number of hydrogen-bond donors (Lipinski definition) is 1. The van der Waals surface area contributed by atoms with E-state index in [1.165, 1.54) is 0 Å². The van der Waals surface area contributed by atoms with E-state index in [0.717, 1.165) is 11.1 Å². The number of pyridine rings is 1. The van der Waals surface area contributed by atoms with Crippen molar-refractivity contribution < 1.29 is 9.90 Å². The van der Waals surface area contributed by atoms with E-state index in [2.05, 4.69) is 4.98 Å². The molecule has 0 saturated heterocycles. The third-order valence-corrected chi connectivity index (χ3v) is 2.47. The molecule has 0 aliphatic heterocycles. The monoisotopic (exact) mass is 224 g/mol. The van der Waals surface area contributed by atoms with E-state index in [4.69, 9.17) is 16.7 Å². The van der Waals surface area contributed by atoms with Crippen molar-refractivity contribution in [1.29, 1.82) is 0 Å². The highest BCUT2D eigenvalue weighted by molar-refractivity contribution is 6.32. The van der Waals surface area contributed by atoms with Gasteiger partial charge in [-0.2, -0.15) is 0 Å². The van der Waals surface area contributed by atoms with Gasteiger partial charge in [-0.15, -0.1) is 0 Å². The Balaban J connectivity index is 2.68. The molecule has 0 bridgehead atoms. The topological polar surface area (TPSA) is 54.6 Å². The summed E-state index contributed by atoms with van der Waals surface area (Å²) in [6.07, 6.45) is 1.64. The first kappa shape index (κ1) is 9.98. The van der Waals surface area contributed by atoms with E-state index in [9.17, 15) is 4.79 Å². The number of nitrogens with zero attached hydrogens (tertiary/aromatic N) is 2. The number of aryl methyl sites for hydroxylation is 1. The van der Waals surface area contributed by atoms with Gasteiger partial charge in [0.1, 0.15) is 12.2 Å². The zero-order valence-corrected chi connectivity index (χ0v) is 8.82. The molecule has 0 aliphatic carbocycles. The molecule has 0 unspecified atom stereocenters. The third kappa shape index (κ3) is 1.68. The van der Waals surface area contributed by atoms with Gasteiger partial charge in [0, 0.05) is 6.20 Å². The third-order valence-electron chi connectivity index (χ3n) is 2.21. The molecule has 4 nitrogen and oxygen atoms in total.